The van der Waals surface area contributed by atoms with E-state index in [1.54, 1.807) is 12.4 Å². The zero-order chi connectivity index (χ0) is 20.8. The first kappa shape index (κ1) is 20.2. The summed E-state index contributed by atoms with van der Waals surface area (Å²) in [6, 6.07) is 18.7. The molecule has 1 aliphatic heterocycles. The van der Waals surface area contributed by atoms with Crippen LogP contribution in [0.15, 0.2) is 67.0 Å². The number of nitrogens with zero attached hydrogens (tertiary/aromatic N) is 2. The Balaban J connectivity index is 1.48. The highest BCUT2D eigenvalue weighted by Crippen LogP contribution is 2.37. The van der Waals surface area contributed by atoms with E-state index in [4.69, 9.17) is 14.6 Å². The minimum Gasteiger partial charge on any atom is -0.493 e. The highest BCUT2D eigenvalue weighted by molar-refractivity contribution is 5.65. The number of hydrogen-bond donors (Lipinski definition) is 2. The van der Waals surface area contributed by atoms with Gasteiger partial charge in [-0.2, -0.15) is 0 Å². The standard InChI is InChI=1S/C24H27N3O3/c1-27(20-5-3-2-4-6-20)21-7-8-22-18(10-12-30-24(22)13-21)14-26-23-15-25-11-9-19(23)16-29-17-28/h2-9,11,13,15,18,26,28H,10,12,14,16-17H2,1H3/t18-/m0/s1. The molecule has 0 spiro atoms. The number of ether oxygens (including phenoxy) is 2. The van der Waals surface area contributed by atoms with Crippen molar-refractivity contribution in [3.8, 4) is 5.75 Å². The summed E-state index contributed by atoms with van der Waals surface area (Å²) >= 11 is 0. The molecule has 0 fully saturated rings. The number of anilines is 3. The molecule has 1 aliphatic rings. The fourth-order valence-corrected chi connectivity index (χ4v) is 3.77. The Morgan fingerprint density at radius 3 is 2.87 bits per heavy atom. The molecule has 0 unspecified atom stereocenters. The first-order valence-corrected chi connectivity index (χ1v) is 10.2. The molecule has 1 aromatic heterocycles. The SMILES string of the molecule is CN(c1ccccc1)c1ccc2c(c1)OCC[C@H]2CNc1cnccc1COCO. The van der Waals surface area contributed by atoms with Crippen LogP contribution in [0.3, 0.4) is 0 Å². The molecule has 30 heavy (non-hydrogen) atoms. The molecule has 0 radical (unpaired) electrons. The average molecular weight is 405 g/mol. The second-order valence-corrected chi connectivity index (χ2v) is 7.34. The molecule has 0 aliphatic carbocycles. The van der Waals surface area contributed by atoms with Crippen LogP contribution in [0.4, 0.5) is 17.1 Å². The molecule has 0 saturated heterocycles. The van der Waals surface area contributed by atoms with Gasteiger partial charge in [-0.25, -0.2) is 0 Å². The molecule has 0 bridgehead atoms. The van der Waals surface area contributed by atoms with Crippen molar-refractivity contribution in [3.05, 3.63) is 78.1 Å². The summed E-state index contributed by atoms with van der Waals surface area (Å²) in [5.41, 5.74) is 5.37. The predicted molar refractivity (Wildman–Crippen MR) is 118 cm³/mol. The van der Waals surface area contributed by atoms with Gasteiger partial charge in [-0.3, -0.25) is 4.98 Å². The van der Waals surface area contributed by atoms with Gasteiger partial charge in [-0.05, 0) is 36.2 Å². The predicted octanol–water partition coefficient (Wildman–Crippen LogP) is 4.29. The molecule has 0 amide bonds. The van der Waals surface area contributed by atoms with Gasteiger partial charge in [0.05, 0.1) is 25.1 Å². The Hall–Kier alpha value is -3.09. The number of para-hydroxylation sites is 1. The van der Waals surface area contributed by atoms with Gasteiger partial charge in [0.1, 0.15) is 12.5 Å². The molecule has 156 valence electrons. The number of aliphatic hydroxyl groups excluding tert-OH is 1. The van der Waals surface area contributed by atoms with Gasteiger partial charge >= 0.3 is 0 Å². The van der Waals surface area contributed by atoms with Gasteiger partial charge in [0.25, 0.3) is 0 Å². The van der Waals surface area contributed by atoms with E-state index in [1.165, 1.54) is 5.56 Å². The molecule has 4 rings (SSSR count). The Kier molecular flexibility index (Phi) is 6.47. The van der Waals surface area contributed by atoms with E-state index in [1.807, 2.05) is 24.3 Å². The molecular weight excluding hydrogens is 378 g/mol. The number of aliphatic hydroxyl groups is 1. The topological polar surface area (TPSA) is 66.9 Å². The van der Waals surface area contributed by atoms with E-state index in [2.05, 4.69) is 52.6 Å². The molecule has 1 atom stereocenters. The minimum absolute atomic E-state index is 0.297. The summed E-state index contributed by atoms with van der Waals surface area (Å²) in [7, 11) is 2.07. The van der Waals surface area contributed by atoms with Crippen LogP contribution >= 0.6 is 0 Å². The molecular formula is C24H27N3O3. The molecule has 0 saturated carbocycles. The van der Waals surface area contributed by atoms with Crippen LogP contribution in [-0.4, -0.2) is 37.1 Å². The van der Waals surface area contributed by atoms with E-state index in [9.17, 15) is 0 Å². The number of nitrogens with one attached hydrogen (secondary N) is 1. The average Bonchev–Trinajstić information content (AvgIpc) is 2.81. The van der Waals surface area contributed by atoms with Crippen molar-refractivity contribution < 1.29 is 14.6 Å². The van der Waals surface area contributed by atoms with Crippen molar-refractivity contribution in [1.29, 1.82) is 0 Å². The van der Waals surface area contributed by atoms with Crippen molar-refractivity contribution in [3.63, 3.8) is 0 Å². The van der Waals surface area contributed by atoms with Crippen LogP contribution in [0, 0.1) is 0 Å². The maximum absolute atomic E-state index is 8.92. The van der Waals surface area contributed by atoms with Crippen LogP contribution in [0.2, 0.25) is 0 Å². The highest BCUT2D eigenvalue weighted by atomic mass is 16.6. The lowest BCUT2D eigenvalue weighted by Crippen LogP contribution is -2.22. The number of pyridine rings is 1. The minimum atomic E-state index is -0.297. The third kappa shape index (κ3) is 4.56. The van der Waals surface area contributed by atoms with Gasteiger partial charge < -0.3 is 24.8 Å². The Morgan fingerprint density at radius 2 is 2.03 bits per heavy atom. The number of fused-ring (bicyclic) bond motifs is 1. The second kappa shape index (κ2) is 9.61. The summed E-state index contributed by atoms with van der Waals surface area (Å²) < 4.78 is 11.1. The van der Waals surface area contributed by atoms with E-state index in [-0.39, 0.29) is 6.79 Å². The lowest BCUT2D eigenvalue weighted by Gasteiger charge is -2.28. The Morgan fingerprint density at radius 1 is 1.17 bits per heavy atom. The maximum Gasteiger partial charge on any atom is 0.144 e. The Bertz CT molecular complexity index is 965. The maximum atomic E-state index is 8.92. The van der Waals surface area contributed by atoms with Gasteiger partial charge in [0.15, 0.2) is 0 Å². The molecule has 2 heterocycles. The summed E-state index contributed by atoms with van der Waals surface area (Å²) in [6.07, 6.45) is 4.49. The molecule has 3 aromatic rings. The zero-order valence-electron chi connectivity index (χ0n) is 17.1. The summed E-state index contributed by atoms with van der Waals surface area (Å²) in [6.45, 7) is 1.53. The number of rotatable bonds is 8. The van der Waals surface area contributed by atoms with Crippen LogP contribution in [-0.2, 0) is 11.3 Å². The number of hydrogen-bond acceptors (Lipinski definition) is 6. The summed E-state index contributed by atoms with van der Waals surface area (Å²) in [4.78, 5) is 6.37. The highest BCUT2D eigenvalue weighted by Gasteiger charge is 2.22. The van der Waals surface area contributed by atoms with Crippen LogP contribution in [0.1, 0.15) is 23.5 Å². The quantitative estimate of drug-likeness (QED) is 0.545. The fourth-order valence-electron chi connectivity index (χ4n) is 3.77. The third-order valence-corrected chi connectivity index (χ3v) is 5.49. The lowest BCUT2D eigenvalue weighted by atomic mass is 9.92. The van der Waals surface area contributed by atoms with Gasteiger partial charge in [-0.1, -0.05) is 24.3 Å². The van der Waals surface area contributed by atoms with Crippen molar-refractivity contribution >= 4 is 17.1 Å². The Labute approximate surface area is 177 Å². The van der Waals surface area contributed by atoms with Gasteiger partial charge in [0, 0.05) is 48.7 Å². The molecule has 6 heteroatoms. The van der Waals surface area contributed by atoms with Crippen LogP contribution in [0.5, 0.6) is 5.75 Å². The molecule has 2 aromatic carbocycles. The first-order valence-electron chi connectivity index (χ1n) is 10.2. The van der Waals surface area contributed by atoms with Crippen molar-refractivity contribution in [2.75, 3.05) is 37.2 Å². The van der Waals surface area contributed by atoms with E-state index in [0.29, 0.717) is 19.1 Å². The van der Waals surface area contributed by atoms with Crippen LogP contribution < -0.4 is 15.0 Å². The van der Waals surface area contributed by atoms with Crippen molar-refractivity contribution in [1.82, 2.24) is 4.98 Å². The van der Waals surface area contributed by atoms with Crippen molar-refractivity contribution in [2.45, 2.75) is 18.9 Å². The van der Waals surface area contributed by atoms with Gasteiger partial charge in [0.2, 0.25) is 0 Å². The lowest BCUT2D eigenvalue weighted by molar-refractivity contribution is -0.0110. The van der Waals surface area contributed by atoms with Gasteiger partial charge in [-0.15, -0.1) is 0 Å². The summed E-state index contributed by atoms with van der Waals surface area (Å²) in [5.74, 6) is 1.29. The molecule has 6 nitrogen and oxygen atoms in total. The van der Waals surface area contributed by atoms with E-state index >= 15 is 0 Å². The first-order chi connectivity index (χ1) is 14.8. The second-order valence-electron chi connectivity index (χ2n) is 7.34. The van der Waals surface area contributed by atoms with Crippen LogP contribution in [0.25, 0.3) is 0 Å². The largest absolute Gasteiger partial charge is 0.493 e. The van der Waals surface area contributed by atoms with E-state index < -0.39 is 0 Å². The normalized spacial score (nSPS) is 15.2. The zero-order valence-corrected chi connectivity index (χ0v) is 17.1. The number of aromatic nitrogens is 1. The summed E-state index contributed by atoms with van der Waals surface area (Å²) in [5, 5.41) is 12.4. The van der Waals surface area contributed by atoms with Crippen molar-refractivity contribution in [2.24, 2.45) is 0 Å². The molecule has 2 N–H and O–H groups in total. The number of benzene rings is 2. The van der Waals surface area contributed by atoms with E-state index in [0.717, 1.165) is 41.3 Å². The smallest absolute Gasteiger partial charge is 0.144 e. The monoisotopic (exact) mass is 405 g/mol. The fraction of sp³-hybridized carbons (Fsp3) is 0.292. The third-order valence-electron chi connectivity index (χ3n) is 5.49.